The molecule has 9 nitrogen and oxygen atoms in total. The Labute approximate surface area is 176 Å². The van der Waals surface area contributed by atoms with E-state index in [0.29, 0.717) is 17.2 Å². The number of halogens is 1. The van der Waals surface area contributed by atoms with E-state index < -0.39 is 36.8 Å². The number of carbonyl (C=O) groups excluding carboxylic acids is 3. The van der Waals surface area contributed by atoms with Crippen molar-refractivity contribution in [3.63, 3.8) is 0 Å². The van der Waals surface area contributed by atoms with Crippen molar-refractivity contribution in [1.82, 2.24) is 9.78 Å². The van der Waals surface area contributed by atoms with Crippen molar-refractivity contribution < 1.29 is 28.2 Å². The van der Waals surface area contributed by atoms with Gasteiger partial charge in [0.1, 0.15) is 22.9 Å². The summed E-state index contributed by atoms with van der Waals surface area (Å²) >= 11 is 0. The number of nitrogens with zero attached hydrogens (tertiary/aromatic N) is 2. The van der Waals surface area contributed by atoms with Crippen molar-refractivity contribution in [3.8, 4) is 11.4 Å². The first-order chi connectivity index (χ1) is 14.8. The molecular weight excluding hydrogens is 407 g/mol. The van der Waals surface area contributed by atoms with Gasteiger partial charge < -0.3 is 20.5 Å². The number of nitrogens with two attached hydrogens (primary N) is 1. The number of amides is 2. The molecule has 0 spiro atoms. The molecule has 0 fully saturated rings. The lowest BCUT2D eigenvalue weighted by atomic mass is 10.2. The van der Waals surface area contributed by atoms with Gasteiger partial charge in [-0.05, 0) is 43.3 Å². The minimum atomic E-state index is -0.807. The van der Waals surface area contributed by atoms with Crippen LogP contribution < -0.4 is 15.8 Å². The molecule has 0 unspecified atom stereocenters. The zero-order valence-corrected chi connectivity index (χ0v) is 16.5. The van der Waals surface area contributed by atoms with E-state index in [-0.39, 0.29) is 11.3 Å². The molecule has 2 amide bonds. The first-order valence-electron chi connectivity index (χ1n) is 9.13. The van der Waals surface area contributed by atoms with Gasteiger partial charge in [0, 0.05) is 6.07 Å². The SMILES string of the molecule is Cc1cc(NC(=O)COC(=O)c2ccccc2OCC(N)=O)n(-c2ccc(F)cc2)n1. The first kappa shape index (κ1) is 21.5. The fourth-order valence-electron chi connectivity index (χ4n) is 2.67. The molecule has 3 N–H and O–H groups in total. The monoisotopic (exact) mass is 426 g/mol. The summed E-state index contributed by atoms with van der Waals surface area (Å²) in [6, 6.07) is 13.3. The van der Waals surface area contributed by atoms with E-state index in [2.05, 4.69) is 10.4 Å². The minimum Gasteiger partial charge on any atom is -0.483 e. The average molecular weight is 426 g/mol. The number of ether oxygens (including phenoxy) is 2. The lowest BCUT2D eigenvalue weighted by Gasteiger charge is -2.11. The maximum absolute atomic E-state index is 13.2. The number of carbonyl (C=O) groups is 3. The highest BCUT2D eigenvalue weighted by molar-refractivity contribution is 5.96. The van der Waals surface area contributed by atoms with Crippen LogP contribution in [0.15, 0.2) is 54.6 Å². The molecule has 0 saturated heterocycles. The van der Waals surface area contributed by atoms with E-state index in [4.69, 9.17) is 15.2 Å². The number of esters is 1. The highest BCUT2D eigenvalue weighted by atomic mass is 19.1. The Morgan fingerprint density at radius 3 is 2.52 bits per heavy atom. The van der Waals surface area contributed by atoms with Gasteiger partial charge in [0.05, 0.1) is 11.4 Å². The number of hydrogen-bond acceptors (Lipinski definition) is 6. The smallest absolute Gasteiger partial charge is 0.342 e. The fraction of sp³-hybridized carbons (Fsp3) is 0.143. The molecule has 1 aromatic heterocycles. The minimum absolute atomic E-state index is 0.0451. The molecule has 1 heterocycles. The Morgan fingerprint density at radius 2 is 1.81 bits per heavy atom. The Hall–Kier alpha value is -4.21. The number of aromatic nitrogens is 2. The molecule has 0 radical (unpaired) electrons. The van der Waals surface area contributed by atoms with Crippen molar-refractivity contribution in [2.45, 2.75) is 6.92 Å². The van der Waals surface area contributed by atoms with Gasteiger partial charge >= 0.3 is 5.97 Å². The third-order valence-corrected chi connectivity index (χ3v) is 3.98. The number of aryl methyl sites for hydroxylation is 1. The zero-order valence-electron chi connectivity index (χ0n) is 16.5. The van der Waals surface area contributed by atoms with Gasteiger partial charge in [-0.25, -0.2) is 13.9 Å². The van der Waals surface area contributed by atoms with Crippen molar-refractivity contribution in [2.24, 2.45) is 5.73 Å². The molecule has 0 atom stereocenters. The van der Waals surface area contributed by atoms with Crippen LogP contribution in [0.2, 0.25) is 0 Å². The van der Waals surface area contributed by atoms with Crippen molar-refractivity contribution in [2.75, 3.05) is 18.5 Å². The van der Waals surface area contributed by atoms with Gasteiger partial charge in [-0.2, -0.15) is 5.10 Å². The van der Waals surface area contributed by atoms with Gasteiger partial charge in [-0.3, -0.25) is 9.59 Å². The Bertz CT molecular complexity index is 1110. The van der Waals surface area contributed by atoms with Crippen molar-refractivity contribution >= 4 is 23.6 Å². The molecule has 10 heteroatoms. The molecule has 3 rings (SSSR count). The number of benzene rings is 2. The summed E-state index contributed by atoms with van der Waals surface area (Å²) < 4.78 is 24.8. The molecule has 31 heavy (non-hydrogen) atoms. The van der Waals surface area contributed by atoms with E-state index in [1.54, 1.807) is 25.1 Å². The van der Waals surface area contributed by atoms with E-state index in [9.17, 15) is 18.8 Å². The summed E-state index contributed by atoms with van der Waals surface area (Å²) in [5.41, 5.74) is 6.25. The molecule has 160 valence electrons. The van der Waals surface area contributed by atoms with Crippen LogP contribution in [0, 0.1) is 12.7 Å². The van der Waals surface area contributed by atoms with Crippen LogP contribution in [0.25, 0.3) is 5.69 Å². The van der Waals surface area contributed by atoms with Crippen LogP contribution in [-0.4, -0.2) is 40.8 Å². The quantitative estimate of drug-likeness (QED) is 0.531. The molecule has 0 saturated carbocycles. The summed E-state index contributed by atoms with van der Waals surface area (Å²) in [6.07, 6.45) is 0. The van der Waals surface area contributed by atoms with E-state index >= 15 is 0 Å². The fourth-order valence-corrected chi connectivity index (χ4v) is 2.67. The van der Waals surface area contributed by atoms with Crippen LogP contribution in [0.3, 0.4) is 0 Å². The number of hydrogen-bond donors (Lipinski definition) is 2. The lowest BCUT2D eigenvalue weighted by Crippen LogP contribution is -2.23. The number of rotatable bonds is 8. The third kappa shape index (κ3) is 5.66. The molecule has 0 aliphatic carbocycles. The predicted octanol–water partition coefficient (Wildman–Crippen LogP) is 1.98. The van der Waals surface area contributed by atoms with Crippen LogP contribution in [-0.2, 0) is 14.3 Å². The van der Waals surface area contributed by atoms with Crippen LogP contribution >= 0.6 is 0 Å². The number of para-hydroxylation sites is 1. The number of anilines is 1. The zero-order chi connectivity index (χ0) is 22.4. The summed E-state index contributed by atoms with van der Waals surface area (Å²) in [4.78, 5) is 35.5. The van der Waals surface area contributed by atoms with Crippen molar-refractivity contribution in [3.05, 3.63) is 71.7 Å². The van der Waals surface area contributed by atoms with Gasteiger partial charge in [-0.1, -0.05) is 12.1 Å². The van der Waals surface area contributed by atoms with Gasteiger partial charge in [0.15, 0.2) is 13.2 Å². The summed E-state index contributed by atoms with van der Waals surface area (Å²) in [7, 11) is 0. The summed E-state index contributed by atoms with van der Waals surface area (Å²) in [5, 5.41) is 6.87. The Kier molecular flexibility index (Phi) is 6.61. The molecule has 0 aliphatic heterocycles. The summed E-state index contributed by atoms with van der Waals surface area (Å²) in [5.74, 6) is -2.07. The predicted molar refractivity (Wildman–Crippen MR) is 108 cm³/mol. The molecule has 3 aromatic rings. The molecule has 2 aromatic carbocycles. The van der Waals surface area contributed by atoms with Gasteiger partial charge in [0.2, 0.25) is 0 Å². The third-order valence-electron chi connectivity index (χ3n) is 3.98. The van der Waals surface area contributed by atoms with Gasteiger partial charge in [-0.15, -0.1) is 0 Å². The highest BCUT2D eigenvalue weighted by Crippen LogP contribution is 2.20. The number of nitrogens with one attached hydrogen (secondary N) is 1. The van der Waals surface area contributed by atoms with E-state index in [1.165, 1.54) is 41.1 Å². The topological polar surface area (TPSA) is 126 Å². The second-order valence-electron chi connectivity index (χ2n) is 6.43. The normalized spacial score (nSPS) is 10.4. The molecule has 0 bridgehead atoms. The van der Waals surface area contributed by atoms with E-state index in [1.807, 2.05) is 0 Å². The largest absolute Gasteiger partial charge is 0.483 e. The van der Waals surface area contributed by atoms with Crippen LogP contribution in [0.5, 0.6) is 5.75 Å². The Morgan fingerprint density at radius 1 is 1.10 bits per heavy atom. The van der Waals surface area contributed by atoms with Gasteiger partial charge in [0.25, 0.3) is 11.8 Å². The average Bonchev–Trinajstić information content (AvgIpc) is 3.11. The maximum Gasteiger partial charge on any atom is 0.342 e. The number of primary amides is 1. The maximum atomic E-state index is 13.2. The van der Waals surface area contributed by atoms with E-state index in [0.717, 1.165) is 0 Å². The van der Waals surface area contributed by atoms with Crippen LogP contribution in [0.1, 0.15) is 16.1 Å². The lowest BCUT2D eigenvalue weighted by molar-refractivity contribution is -0.120. The molecular formula is C21H19FN4O5. The summed E-state index contributed by atoms with van der Waals surface area (Å²) in [6.45, 7) is 0.757. The molecule has 0 aliphatic rings. The highest BCUT2D eigenvalue weighted by Gasteiger charge is 2.17. The standard InChI is InChI=1S/C21H19FN4O5/c1-13-10-19(26(25-13)15-8-6-14(22)7-9-15)24-20(28)12-31-21(29)16-4-2-3-5-17(16)30-11-18(23)27/h2-10H,11-12H2,1H3,(H2,23,27)(H,24,28). The second kappa shape index (κ2) is 9.53. The van der Waals surface area contributed by atoms with Crippen molar-refractivity contribution in [1.29, 1.82) is 0 Å². The van der Waals surface area contributed by atoms with Crippen LogP contribution in [0.4, 0.5) is 10.2 Å². The first-order valence-corrected chi connectivity index (χ1v) is 9.13. The Balaban J connectivity index is 1.65. The second-order valence-corrected chi connectivity index (χ2v) is 6.43.